The molecule has 2 aromatic rings. The molecule has 3 rings (SSSR count). The van der Waals surface area contributed by atoms with Gasteiger partial charge in [0.05, 0.1) is 17.4 Å². The van der Waals surface area contributed by atoms with Gasteiger partial charge < -0.3 is 4.90 Å². The van der Waals surface area contributed by atoms with Crippen LogP contribution in [0.15, 0.2) is 42.7 Å². The highest BCUT2D eigenvalue weighted by Gasteiger charge is 2.25. The second-order valence-electron chi connectivity index (χ2n) is 5.35. The number of para-hydroxylation sites is 1. The van der Waals surface area contributed by atoms with Crippen molar-refractivity contribution < 1.29 is 4.79 Å². The molecule has 0 aliphatic carbocycles. The maximum absolute atomic E-state index is 12.5. The fourth-order valence-electron chi connectivity index (χ4n) is 2.72. The van der Waals surface area contributed by atoms with E-state index < -0.39 is 0 Å². The molecule has 0 bridgehead atoms. The monoisotopic (exact) mass is 269 g/mol. The molecule has 1 aliphatic heterocycles. The average Bonchev–Trinajstić information content (AvgIpc) is 2.98. The van der Waals surface area contributed by atoms with Crippen molar-refractivity contribution >= 4 is 5.91 Å². The van der Waals surface area contributed by atoms with E-state index in [1.54, 1.807) is 10.9 Å². The Kier molecular flexibility index (Phi) is 3.54. The van der Waals surface area contributed by atoms with Crippen LogP contribution in [0.4, 0.5) is 0 Å². The minimum absolute atomic E-state index is 0.0966. The molecule has 0 saturated carbocycles. The summed E-state index contributed by atoms with van der Waals surface area (Å²) in [6, 6.07) is 10.2. The van der Waals surface area contributed by atoms with Crippen molar-refractivity contribution in [2.45, 2.75) is 32.2 Å². The SMILES string of the molecule is CC1CCCCN1C(=O)c1cnn(-c2ccccc2)c1. The summed E-state index contributed by atoms with van der Waals surface area (Å²) in [6.45, 7) is 2.98. The Hall–Kier alpha value is -2.10. The Morgan fingerprint density at radius 3 is 2.80 bits per heavy atom. The van der Waals surface area contributed by atoms with Crippen LogP contribution in [0.1, 0.15) is 36.5 Å². The molecule has 4 nitrogen and oxygen atoms in total. The van der Waals surface area contributed by atoms with Gasteiger partial charge in [0, 0.05) is 18.8 Å². The lowest BCUT2D eigenvalue weighted by molar-refractivity contribution is 0.0635. The molecule has 1 atom stereocenters. The molecule has 0 N–H and O–H groups in total. The van der Waals surface area contributed by atoms with Crippen LogP contribution in [-0.2, 0) is 0 Å². The Morgan fingerprint density at radius 2 is 2.05 bits per heavy atom. The van der Waals surface area contributed by atoms with Crippen LogP contribution in [0.3, 0.4) is 0 Å². The van der Waals surface area contributed by atoms with Crippen molar-refractivity contribution in [3.8, 4) is 5.69 Å². The average molecular weight is 269 g/mol. The van der Waals surface area contributed by atoms with Crippen LogP contribution in [0.25, 0.3) is 5.69 Å². The van der Waals surface area contributed by atoms with Crippen molar-refractivity contribution in [3.63, 3.8) is 0 Å². The molecule has 1 unspecified atom stereocenters. The molecule has 4 heteroatoms. The molecule has 1 aromatic carbocycles. The van der Waals surface area contributed by atoms with E-state index in [0.29, 0.717) is 11.6 Å². The van der Waals surface area contributed by atoms with Gasteiger partial charge in [0.1, 0.15) is 0 Å². The number of carbonyl (C=O) groups excluding carboxylic acids is 1. The number of piperidine rings is 1. The fourth-order valence-corrected chi connectivity index (χ4v) is 2.72. The number of amides is 1. The summed E-state index contributed by atoms with van der Waals surface area (Å²) in [5, 5.41) is 4.30. The Labute approximate surface area is 119 Å². The van der Waals surface area contributed by atoms with Gasteiger partial charge in [0.2, 0.25) is 0 Å². The highest BCUT2D eigenvalue weighted by atomic mass is 16.2. The lowest BCUT2D eigenvalue weighted by Crippen LogP contribution is -2.41. The van der Waals surface area contributed by atoms with E-state index in [2.05, 4.69) is 12.0 Å². The summed E-state index contributed by atoms with van der Waals surface area (Å²) in [4.78, 5) is 14.5. The maximum Gasteiger partial charge on any atom is 0.257 e. The standard InChI is InChI=1S/C16H19N3O/c1-13-7-5-6-10-18(13)16(20)14-11-17-19(12-14)15-8-3-2-4-9-15/h2-4,8-9,11-13H,5-7,10H2,1H3. The zero-order chi connectivity index (χ0) is 13.9. The predicted octanol–water partition coefficient (Wildman–Crippen LogP) is 2.89. The van der Waals surface area contributed by atoms with E-state index in [0.717, 1.165) is 25.1 Å². The van der Waals surface area contributed by atoms with Gasteiger partial charge in [0.25, 0.3) is 5.91 Å². The second kappa shape index (κ2) is 5.49. The first kappa shape index (κ1) is 12.9. The molecule has 1 aromatic heterocycles. The molecule has 0 radical (unpaired) electrons. The summed E-state index contributed by atoms with van der Waals surface area (Å²) >= 11 is 0. The smallest absolute Gasteiger partial charge is 0.257 e. The number of benzene rings is 1. The number of likely N-dealkylation sites (tertiary alicyclic amines) is 1. The molecule has 104 valence electrons. The first-order valence-corrected chi connectivity index (χ1v) is 7.17. The van der Waals surface area contributed by atoms with Crippen molar-refractivity contribution in [1.82, 2.24) is 14.7 Å². The van der Waals surface area contributed by atoms with Gasteiger partial charge in [-0.2, -0.15) is 5.10 Å². The van der Waals surface area contributed by atoms with Crippen LogP contribution < -0.4 is 0 Å². The molecule has 20 heavy (non-hydrogen) atoms. The third-order valence-corrected chi connectivity index (χ3v) is 3.91. The summed E-state index contributed by atoms with van der Waals surface area (Å²) < 4.78 is 1.75. The molecule has 2 heterocycles. The van der Waals surface area contributed by atoms with Gasteiger partial charge in [-0.1, -0.05) is 18.2 Å². The van der Waals surface area contributed by atoms with Crippen molar-refractivity contribution in [3.05, 3.63) is 48.3 Å². The maximum atomic E-state index is 12.5. The van der Waals surface area contributed by atoms with Crippen LogP contribution in [0.2, 0.25) is 0 Å². The molecular formula is C16H19N3O. The zero-order valence-corrected chi connectivity index (χ0v) is 11.7. The molecule has 1 amide bonds. The molecule has 0 spiro atoms. The van der Waals surface area contributed by atoms with Crippen molar-refractivity contribution in [2.75, 3.05) is 6.54 Å². The topological polar surface area (TPSA) is 38.1 Å². The number of hydrogen-bond acceptors (Lipinski definition) is 2. The number of hydrogen-bond donors (Lipinski definition) is 0. The number of rotatable bonds is 2. The van der Waals surface area contributed by atoms with Crippen LogP contribution in [0.5, 0.6) is 0 Å². The normalized spacial score (nSPS) is 19.1. The largest absolute Gasteiger partial charge is 0.336 e. The van der Waals surface area contributed by atoms with E-state index in [4.69, 9.17) is 0 Å². The number of carbonyl (C=O) groups is 1. The van der Waals surface area contributed by atoms with Gasteiger partial charge in [-0.15, -0.1) is 0 Å². The van der Waals surface area contributed by atoms with Gasteiger partial charge in [-0.25, -0.2) is 4.68 Å². The van der Waals surface area contributed by atoms with Crippen LogP contribution >= 0.6 is 0 Å². The minimum atomic E-state index is 0.0966. The second-order valence-corrected chi connectivity index (χ2v) is 5.35. The highest BCUT2D eigenvalue weighted by molar-refractivity contribution is 5.94. The summed E-state index contributed by atoms with van der Waals surface area (Å²) in [6.07, 6.45) is 6.89. The van der Waals surface area contributed by atoms with Gasteiger partial charge in [0.15, 0.2) is 0 Å². The van der Waals surface area contributed by atoms with E-state index >= 15 is 0 Å². The molecule has 1 fully saturated rings. The summed E-state index contributed by atoms with van der Waals surface area (Å²) in [5.74, 6) is 0.0966. The quantitative estimate of drug-likeness (QED) is 0.840. The minimum Gasteiger partial charge on any atom is -0.336 e. The van der Waals surface area contributed by atoms with Gasteiger partial charge in [-0.3, -0.25) is 4.79 Å². The summed E-state index contributed by atoms with van der Waals surface area (Å²) in [5.41, 5.74) is 1.64. The molecule has 1 saturated heterocycles. The van der Waals surface area contributed by atoms with E-state index in [-0.39, 0.29) is 5.91 Å². The Bertz CT molecular complexity index is 591. The lowest BCUT2D eigenvalue weighted by atomic mass is 10.0. The predicted molar refractivity (Wildman–Crippen MR) is 77.9 cm³/mol. The third-order valence-electron chi connectivity index (χ3n) is 3.91. The highest BCUT2D eigenvalue weighted by Crippen LogP contribution is 2.19. The van der Waals surface area contributed by atoms with Gasteiger partial charge >= 0.3 is 0 Å². The lowest BCUT2D eigenvalue weighted by Gasteiger charge is -2.33. The van der Waals surface area contributed by atoms with E-state index in [1.165, 1.54) is 6.42 Å². The van der Waals surface area contributed by atoms with E-state index in [9.17, 15) is 4.79 Å². The zero-order valence-electron chi connectivity index (χ0n) is 11.7. The van der Waals surface area contributed by atoms with E-state index in [1.807, 2.05) is 41.4 Å². The van der Waals surface area contributed by atoms with Crippen molar-refractivity contribution in [2.24, 2.45) is 0 Å². The van der Waals surface area contributed by atoms with Crippen LogP contribution in [0, 0.1) is 0 Å². The Balaban J connectivity index is 1.81. The first-order chi connectivity index (χ1) is 9.75. The van der Waals surface area contributed by atoms with Crippen molar-refractivity contribution in [1.29, 1.82) is 0 Å². The first-order valence-electron chi connectivity index (χ1n) is 7.17. The summed E-state index contributed by atoms with van der Waals surface area (Å²) in [7, 11) is 0. The van der Waals surface area contributed by atoms with Crippen LogP contribution in [-0.4, -0.2) is 33.2 Å². The number of nitrogens with zero attached hydrogens (tertiary/aromatic N) is 3. The Morgan fingerprint density at radius 1 is 1.25 bits per heavy atom. The number of aromatic nitrogens is 2. The molecule has 1 aliphatic rings. The fraction of sp³-hybridized carbons (Fsp3) is 0.375. The van der Waals surface area contributed by atoms with Gasteiger partial charge in [-0.05, 0) is 38.3 Å². The third kappa shape index (κ3) is 2.46. The molecular weight excluding hydrogens is 250 g/mol.